The van der Waals surface area contributed by atoms with Crippen molar-refractivity contribution in [1.29, 1.82) is 5.26 Å². The number of rotatable bonds is 4. The third-order valence-electron chi connectivity index (χ3n) is 7.47. The third kappa shape index (κ3) is 4.56. The minimum atomic E-state index is -0.233. The maximum absolute atomic E-state index is 12.8. The molecule has 4 rings (SSSR count). The first-order valence-electron chi connectivity index (χ1n) is 11.7. The summed E-state index contributed by atoms with van der Waals surface area (Å²) in [6, 6.07) is 8.94. The van der Waals surface area contributed by atoms with Gasteiger partial charge in [-0.1, -0.05) is 0 Å². The van der Waals surface area contributed by atoms with Gasteiger partial charge in [-0.2, -0.15) is 5.26 Å². The Labute approximate surface area is 196 Å². The summed E-state index contributed by atoms with van der Waals surface area (Å²) in [6.07, 6.45) is 2.77. The van der Waals surface area contributed by atoms with Gasteiger partial charge in [-0.15, -0.1) is 0 Å². The minimum Gasteiger partial charge on any atom is -0.507 e. The van der Waals surface area contributed by atoms with Gasteiger partial charge in [0, 0.05) is 43.9 Å². The first-order chi connectivity index (χ1) is 15.7. The normalized spacial score (nSPS) is 20.6. The van der Waals surface area contributed by atoms with E-state index in [9.17, 15) is 9.90 Å². The minimum absolute atomic E-state index is 0.0304. The number of nitriles is 1. The lowest BCUT2D eigenvalue weighted by Gasteiger charge is -2.40. The van der Waals surface area contributed by atoms with Crippen LogP contribution in [0.1, 0.15) is 57.9 Å². The standard InChI is InChI=1S/C27H33N3O3/c1-18-19(2)25-23(20(3)24(18)31)9-10-27(4,33-25)11-12-29-13-15-30(16-14-29)26(32)22-7-5-21(17-28)6-8-22/h5-8,31H,9-16H2,1-4H3. The molecule has 0 aliphatic carbocycles. The molecular formula is C27H33N3O3. The molecule has 2 aliphatic heterocycles. The molecule has 2 aromatic carbocycles. The van der Waals surface area contributed by atoms with Gasteiger partial charge in [0.05, 0.1) is 11.6 Å². The fraction of sp³-hybridized carbons (Fsp3) is 0.481. The van der Waals surface area contributed by atoms with Crippen LogP contribution in [0.5, 0.6) is 11.5 Å². The van der Waals surface area contributed by atoms with Crippen molar-refractivity contribution in [1.82, 2.24) is 9.80 Å². The number of hydrogen-bond acceptors (Lipinski definition) is 5. The highest BCUT2D eigenvalue weighted by atomic mass is 16.5. The Morgan fingerprint density at radius 1 is 1.09 bits per heavy atom. The SMILES string of the molecule is Cc1c(C)c2c(c(C)c1O)CCC(C)(CCN1CCN(C(=O)c3ccc(C#N)cc3)CC1)O2. The highest BCUT2D eigenvalue weighted by molar-refractivity contribution is 5.94. The second kappa shape index (κ2) is 9.07. The number of carbonyl (C=O) groups is 1. The molecule has 1 saturated heterocycles. The largest absolute Gasteiger partial charge is 0.507 e. The molecule has 6 heteroatoms. The van der Waals surface area contributed by atoms with Crippen LogP contribution in [0.2, 0.25) is 0 Å². The summed E-state index contributed by atoms with van der Waals surface area (Å²) in [6.45, 7) is 12.2. The Morgan fingerprint density at radius 3 is 2.39 bits per heavy atom. The number of phenols is 1. The molecule has 0 aromatic heterocycles. The van der Waals surface area contributed by atoms with Crippen LogP contribution in [-0.2, 0) is 6.42 Å². The van der Waals surface area contributed by atoms with Gasteiger partial charge >= 0.3 is 0 Å². The van der Waals surface area contributed by atoms with Crippen LogP contribution in [0.25, 0.3) is 0 Å². The number of fused-ring (bicyclic) bond motifs is 1. The molecule has 0 radical (unpaired) electrons. The van der Waals surface area contributed by atoms with Gasteiger partial charge in [0.2, 0.25) is 0 Å². The van der Waals surface area contributed by atoms with E-state index < -0.39 is 0 Å². The maximum atomic E-state index is 12.8. The summed E-state index contributed by atoms with van der Waals surface area (Å²) >= 11 is 0. The van der Waals surface area contributed by atoms with E-state index in [0.717, 1.165) is 66.9 Å². The molecule has 1 N–H and O–H groups in total. The molecule has 1 atom stereocenters. The van der Waals surface area contributed by atoms with E-state index in [-0.39, 0.29) is 11.5 Å². The van der Waals surface area contributed by atoms with Crippen LogP contribution in [0, 0.1) is 32.1 Å². The van der Waals surface area contributed by atoms with E-state index in [1.807, 2.05) is 25.7 Å². The number of carbonyl (C=O) groups excluding carboxylic acids is 1. The van der Waals surface area contributed by atoms with Gasteiger partial charge in [-0.05, 0) is 87.9 Å². The number of piperazine rings is 1. The fourth-order valence-electron chi connectivity index (χ4n) is 4.91. The van der Waals surface area contributed by atoms with Crippen LogP contribution in [0.4, 0.5) is 0 Å². The van der Waals surface area contributed by atoms with E-state index >= 15 is 0 Å². The smallest absolute Gasteiger partial charge is 0.253 e. The molecule has 1 unspecified atom stereocenters. The second-order valence-electron chi connectivity index (χ2n) is 9.66. The average Bonchev–Trinajstić information content (AvgIpc) is 2.85. The summed E-state index contributed by atoms with van der Waals surface area (Å²) in [5, 5.41) is 19.3. The van der Waals surface area contributed by atoms with E-state index in [4.69, 9.17) is 10.00 Å². The Hall–Kier alpha value is -3.04. The molecule has 6 nitrogen and oxygen atoms in total. The zero-order valence-corrected chi connectivity index (χ0v) is 20.1. The Balaban J connectivity index is 1.33. The van der Waals surface area contributed by atoms with Crippen molar-refractivity contribution in [2.45, 2.75) is 52.6 Å². The van der Waals surface area contributed by atoms with Gasteiger partial charge in [-0.3, -0.25) is 9.69 Å². The number of ether oxygens (including phenoxy) is 1. The van der Waals surface area contributed by atoms with Crippen LogP contribution < -0.4 is 4.74 Å². The van der Waals surface area contributed by atoms with Gasteiger partial charge in [-0.25, -0.2) is 0 Å². The number of nitrogens with zero attached hydrogens (tertiary/aromatic N) is 3. The molecule has 174 valence electrons. The number of amides is 1. The molecule has 2 aliphatic rings. The van der Waals surface area contributed by atoms with E-state index in [2.05, 4.69) is 17.9 Å². The topological polar surface area (TPSA) is 76.8 Å². The Morgan fingerprint density at radius 2 is 1.76 bits per heavy atom. The van der Waals surface area contributed by atoms with Gasteiger partial charge in [0.15, 0.2) is 0 Å². The zero-order valence-electron chi connectivity index (χ0n) is 20.1. The average molecular weight is 448 g/mol. The lowest BCUT2D eigenvalue weighted by Crippen LogP contribution is -2.50. The van der Waals surface area contributed by atoms with Crippen molar-refractivity contribution >= 4 is 5.91 Å². The molecule has 1 fully saturated rings. The Kier molecular flexibility index (Phi) is 6.36. The van der Waals surface area contributed by atoms with Gasteiger partial charge < -0.3 is 14.7 Å². The van der Waals surface area contributed by atoms with Crippen LogP contribution >= 0.6 is 0 Å². The monoisotopic (exact) mass is 447 g/mol. The summed E-state index contributed by atoms with van der Waals surface area (Å²) in [5.74, 6) is 1.38. The Bertz CT molecular complexity index is 1100. The first-order valence-corrected chi connectivity index (χ1v) is 11.7. The van der Waals surface area contributed by atoms with Gasteiger partial charge in [0.1, 0.15) is 17.1 Å². The fourth-order valence-corrected chi connectivity index (χ4v) is 4.91. The van der Waals surface area contributed by atoms with Crippen molar-refractivity contribution < 1.29 is 14.6 Å². The molecule has 0 bridgehead atoms. The lowest BCUT2D eigenvalue weighted by molar-refractivity contribution is 0.0338. The first kappa shape index (κ1) is 23.1. The van der Waals surface area contributed by atoms with Crippen molar-refractivity contribution in [3.8, 4) is 17.6 Å². The summed E-state index contributed by atoms with van der Waals surface area (Å²) in [5.41, 5.74) is 4.99. The van der Waals surface area contributed by atoms with Crippen molar-refractivity contribution in [3.05, 3.63) is 57.6 Å². The second-order valence-corrected chi connectivity index (χ2v) is 9.66. The molecule has 2 aromatic rings. The predicted octanol–water partition coefficient (Wildman–Crippen LogP) is 4.12. The zero-order chi connectivity index (χ0) is 23.8. The quantitative estimate of drug-likeness (QED) is 0.763. The van der Waals surface area contributed by atoms with E-state index in [1.54, 1.807) is 24.3 Å². The predicted molar refractivity (Wildman–Crippen MR) is 128 cm³/mol. The van der Waals surface area contributed by atoms with E-state index in [0.29, 0.717) is 30.0 Å². The lowest BCUT2D eigenvalue weighted by atomic mass is 9.85. The molecule has 2 heterocycles. The number of benzene rings is 2. The number of hydrogen-bond donors (Lipinski definition) is 1. The maximum Gasteiger partial charge on any atom is 0.253 e. The third-order valence-corrected chi connectivity index (χ3v) is 7.47. The van der Waals surface area contributed by atoms with Crippen LogP contribution in [-0.4, -0.2) is 59.1 Å². The van der Waals surface area contributed by atoms with Crippen molar-refractivity contribution in [2.24, 2.45) is 0 Å². The summed E-state index contributed by atoms with van der Waals surface area (Å²) < 4.78 is 6.57. The van der Waals surface area contributed by atoms with Crippen LogP contribution in [0.15, 0.2) is 24.3 Å². The molecule has 33 heavy (non-hydrogen) atoms. The molecule has 0 spiro atoms. The highest BCUT2D eigenvalue weighted by Gasteiger charge is 2.35. The molecule has 1 amide bonds. The van der Waals surface area contributed by atoms with Gasteiger partial charge in [0.25, 0.3) is 5.91 Å². The molecule has 0 saturated carbocycles. The summed E-state index contributed by atoms with van der Waals surface area (Å²) in [7, 11) is 0. The molecular weight excluding hydrogens is 414 g/mol. The number of aromatic hydroxyl groups is 1. The van der Waals surface area contributed by atoms with Crippen molar-refractivity contribution in [3.63, 3.8) is 0 Å². The number of phenolic OH excluding ortho intramolecular Hbond substituents is 1. The van der Waals surface area contributed by atoms with E-state index in [1.165, 1.54) is 0 Å². The van der Waals surface area contributed by atoms with Crippen LogP contribution in [0.3, 0.4) is 0 Å². The summed E-state index contributed by atoms with van der Waals surface area (Å²) in [4.78, 5) is 17.1. The highest BCUT2D eigenvalue weighted by Crippen LogP contribution is 2.44. The van der Waals surface area contributed by atoms with Crippen molar-refractivity contribution in [2.75, 3.05) is 32.7 Å².